The Labute approximate surface area is 156 Å². The molecule has 1 aromatic carbocycles. The van der Waals surface area contributed by atoms with Crippen LogP contribution in [-0.2, 0) is 6.61 Å². The van der Waals surface area contributed by atoms with Crippen molar-refractivity contribution in [1.29, 1.82) is 0 Å². The second-order valence-electron chi connectivity index (χ2n) is 6.14. The number of alkyl halides is 3. The molecule has 3 heterocycles. The van der Waals surface area contributed by atoms with Gasteiger partial charge in [0.2, 0.25) is 0 Å². The lowest BCUT2D eigenvalue weighted by atomic mass is 9.95. The summed E-state index contributed by atoms with van der Waals surface area (Å²) in [6.45, 7) is 1.32. The van der Waals surface area contributed by atoms with E-state index in [-0.39, 0.29) is 17.5 Å². The molecule has 0 saturated carbocycles. The molecule has 1 fully saturated rings. The smallest absolute Gasteiger partial charge is 0.406 e. The maximum absolute atomic E-state index is 12.4. The van der Waals surface area contributed by atoms with Gasteiger partial charge in [0.05, 0.1) is 23.0 Å². The lowest BCUT2D eigenvalue weighted by molar-refractivity contribution is -0.274. The fourth-order valence-corrected chi connectivity index (χ4v) is 3.31. The monoisotopic (exact) mass is 398 g/mol. The van der Waals surface area contributed by atoms with Crippen molar-refractivity contribution in [2.24, 2.45) is 0 Å². The van der Waals surface area contributed by atoms with E-state index in [1.54, 1.807) is 12.3 Å². The van der Waals surface area contributed by atoms with Crippen LogP contribution in [0, 0.1) is 0 Å². The van der Waals surface area contributed by atoms with Gasteiger partial charge in [-0.2, -0.15) is 5.10 Å². The van der Waals surface area contributed by atoms with Crippen LogP contribution in [0.25, 0.3) is 16.7 Å². The van der Waals surface area contributed by atoms with Gasteiger partial charge in [0.15, 0.2) is 5.65 Å². The van der Waals surface area contributed by atoms with Crippen LogP contribution in [0.3, 0.4) is 0 Å². The highest BCUT2D eigenvalue weighted by Gasteiger charge is 2.32. The van der Waals surface area contributed by atoms with Crippen LogP contribution in [0.5, 0.6) is 5.75 Å². The van der Waals surface area contributed by atoms with Gasteiger partial charge >= 0.3 is 6.36 Å². The number of nitrogens with one attached hydrogen (secondary N) is 1. The Morgan fingerprint density at radius 2 is 2.07 bits per heavy atom. The highest BCUT2D eigenvalue weighted by atomic mass is 35.5. The summed E-state index contributed by atoms with van der Waals surface area (Å²) in [6.07, 6.45) is -3.25. The zero-order valence-electron chi connectivity index (χ0n) is 13.8. The number of rotatable bonds is 4. The van der Waals surface area contributed by atoms with Crippen molar-refractivity contribution in [2.45, 2.75) is 18.9 Å². The molecule has 0 amide bonds. The summed E-state index contributed by atoms with van der Waals surface area (Å²) in [6, 6.07) is 5.36. The van der Waals surface area contributed by atoms with Gasteiger partial charge in [-0.3, -0.25) is 0 Å². The normalized spacial score (nSPS) is 15.1. The highest BCUT2D eigenvalue weighted by molar-refractivity contribution is 6.32. The predicted octanol–water partition coefficient (Wildman–Crippen LogP) is 3.15. The van der Waals surface area contributed by atoms with E-state index in [4.69, 9.17) is 11.6 Å². The van der Waals surface area contributed by atoms with Gasteiger partial charge in [-0.25, -0.2) is 9.67 Å². The molecule has 10 heteroatoms. The molecule has 0 radical (unpaired) electrons. The Balaban J connectivity index is 1.84. The molecule has 2 N–H and O–H groups in total. The molecule has 4 rings (SSSR count). The molecule has 1 saturated heterocycles. The molecule has 0 atom stereocenters. The number of pyridine rings is 1. The number of halogens is 4. The molecule has 2 aromatic heterocycles. The van der Waals surface area contributed by atoms with Gasteiger partial charge in [-0.15, -0.1) is 13.2 Å². The molecule has 0 aliphatic carbocycles. The predicted molar refractivity (Wildman–Crippen MR) is 92.1 cm³/mol. The first-order valence-electron chi connectivity index (χ1n) is 8.11. The molecule has 3 aromatic rings. The van der Waals surface area contributed by atoms with Gasteiger partial charge in [0.25, 0.3) is 0 Å². The van der Waals surface area contributed by atoms with Crippen LogP contribution in [0.2, 0.25) is 5.02 Å². The minimum atomic E-state index is -4.80. The average Bonchev–Trinajstić information content (AvgIpc) is 2.91. The first-order chi connectivity index (χ1) is 12.9. The molecule has 6 nitrogen and oxygen atoms in total. The van der Waals surface area contributed by atoms with Crippen LogP contribution >= 0.6 is 11.6 Å². The van der Waals surface area contributed by atoms with E-state index in [9.17, 15) is 18.3 Å². The number of hydrogen-bond donors (Lipinski definition) is 2. The topological polar surface area (TPSA) is 72.2 Å². The van der Waals surface area contributed by atoms with E-state index in [1.807, 2.05) is 0 Å². The third kappa shape index (κ3) is 3.33. The SMILES string of the molecule is OCc1ccnc2c1c(C1CNC1)nn2-c1ccc(OC(F)(F)F)cc1Cl. The van der Waals surface area contributed by atoms with E-state index in [0.717, 1.165) is 30.2 Å². The second kappa shape index (κ2) is 6.66. The fraction of sp³-hybridized carbons (Fsp3) is 0.294. The number of ether oxygens (including phenoxy) is 1. The molecule has 27 heavy (non-hydrogen) atoms. The summed E-state index contributed by atoms with van der Waals surface area (Å²) in [5, 5.41) is 18.2. The Morgan fingerprint density at radius 3 is 2.67 bits per heavy atom. The van der Waals surface area contributed by atoms with Crippen LogP contribution in [0.15, 0.2) is 30.5 Å². The maximum atomic E-state index is 12.4. The van der Waals surface area contributed by atoms with E-state index >= 15 is 0 Å². The maximum Gasteiger partial charge on any atom is 0.573 e. The lowest BCUT2D eigenvalue weighted by Gasteiger charge is -2.25. The zero-order chi connectivity index (χ0) is 19.2. The van der Waals surface area contributed by atoms with Crippen molar-refractivity contribution in [3.63, 3.8) is 0 Å². The van der Waals surface area contributed by atoms with E-state index in [1.165, 1.54) is 16.8 Å². The molecule has 0 unspecified atom stereocenters. The van der Waals surface area contributed by atoms with E-state index < -0.39 is 12.1 Å². The van der Waals surface area contributed by atoms with Crippen molar-refractivity contribution in [3.05, 3.63) is 46.7 Å². The van der Waals surface area contributed by atoms with Crippen LogP contribution < -0.4 is 10.1 Å². The Morgan fingerprint density at radius 1 is 1.30 bits per heavy atom. The van der Waals surface area contributed by atoms with E-state index in [2.05, 4.69) is 20.1 Å². The zero-order valence-corrected chi connectivity index (χ0v) is 14.6. The number of aliphatic hydroxyl groups excluding tert-OH is 1. The summed E-state index contributed by atoms with van der Waals surface area (Å²) in [4.78, 5) is 4.35. The number of fused-ring (bicyclic) bond motifs is 1. The summed E-state index contributed by atoms with van der Waals surface area (Å²) in [5.74, 6) is -0.255. The molecule has 142 valence electrons. The Bertz CT molecular complexity index is 1000. The lowest BCUT2D eigenvalue weighted by Crippen LogP contribution is -2.40. The quantitative estimate of drug-likeness (QED) is 0.706. The summed E-state index contributed by atoms with van der Waals surface area (Å²) < 4.78 is 42.6. The highest BCUT2D eigenvalue weighted by Crippen LogP contribution is 2.34. The number of aromatic nitrogens is 3. The molecular formula is C17H14ClF3N4O2. The first kappa shape index (κ1) is 18.0. The number of hydrogen-bond acceptors (Lipinski definition) is 5. The first-order valence-corrected chi connectivity index (χ1v) is 8.49. The van der Waals surface area contributed by atoms with Crippen LogP contribution in [0.1, 0.15) is 17.2 Å². The molecular weight excluding hydrogens is 385 g/mol. The van der Waals surface area contributed by atoms with Crippen molar-refractivity contribution in [2.75, 3.05) is 13.1 Å². The fourth-order valence-electron chi connectivity index (χ4n) is 3.06. The van der Waals surface area contributed by atoms with Crippen LogP contribution in [0.4, 0.5) is 13.2 Å². The van der Waals surface area contributed by atoms with Gasteiger partial charge in [0, 0.05) is 36.7 Å². The summed E-state index contributed by atoms with van der Waals surface area (Å²) in [7, 11) is 0. The van der Waals surface area contributed by atoms with Crippen molar-refractivity contribution < 1.29 is 23.0 Å². The summed E-state index contributed by atoms with van der Waals surface area (Å²) in [5.41, 5.74) is 2.31. The number of benzene rings is 1. The van der Waals surface area contributed by atoms with Gasteiger partial charge in [-0.05, 0) is 23.8 Å². The number of aliphatic hydroxyl groups is 1. The number of nitrogens with zero attached hydrogens (tertiary/aromatic N) is 3. The van der Waals surface area contributed by atoms with Gasteiger partial charge < -0.3 is 15.2 Å². The average molecular weight is 399 g/mol. The third-order valence-corrected chi connectivity index (χ3v) is 4.70. The largest absolute Gasteiger partial charge is 0.573 e. The van der Waals surface area contributed by atoms with Gasteiger partial charge in [0.1, 0.15) is 5.75 Å². The second-order valence-corrected chi connectivity index (χ2v) is 6.55. The van der Waals surface area contributed by atoms with E-state index in [0.29, 0.717) is 16.9 Å². The Hall–Kier alpha value is -2.36. The standard InChI is InChI=1S/C17H14ClF3N4O2/c18-12-5-11(27-17(19,20)21)1-2-13(12)25-16-14(9(8-26)3-4-23-16)15(24-25)10-6-22-7-10/h1-5,10,22,26H,6-8H2. The Kier molecular flexibility index (Phi) is 4.45. The van der Waals surface area contributed by atoms with Crippen molar-refractivity contribution in [3.8, 4) is 11.4 Å². The minimum absolute atomic E-state index is 0.0376. The van der Waals surface area contributed by atoms with Crippen molar-refractivity contribution >= 4 is 22.6 Å². The van der Waals surface area contributed by atoms with Crippen LogP contribution in [-0.4, -0.2) is 39.3 Å². The minimum Gasteiger partial charge on any atom is -0.406 e. The molecule has 1 aliphatic heterocycles. The molecule has 0 spiro atoms. The molecule has 0 bridgehead atoms. The third-order valence-electron chi connectivity index (χ3n) is 4.40. The van der Waals surface area contributed by atoms with Crippen molar-refractivity contribution in [1.82, 2.24) is 20.1 Å². The molecule has 1 aliphatic rings. The summed E-state index contributed by atoms with van der Waals surface area (Å²) >= 11 is 6.21. The van der Waals surface area contributed by atoms with Gasteiger partial charge in [-0.1, -0.05) is 11.6 Å².